The molecule has 4 nitrogen and oxygen atoms in total. The number of phenolic OH excluding ortho intramolecular Hbond substituents is 1. The van der Waals surface area contributed by atoms with Crippen molar-refractivity contribution >= 4 is 10.9 Å². The smallest absolute Gasteiger partial charge is 0.115 e. The lowest BCUT2D eigenvalue weighted by atomic mass is 9.96. The SMILES string of the molecule is [Cl-].[NH3+]Cc1ccc(-c2nc3ccnc(CCc4cccc(O)c4)c3cc2-c2ccccc2)cc1. The summed E-state index contributed by atoms with van der Waals surface area (Å²) in [5.74, 6) is 0.293. The number of hydrogen-bond acceptors (Lipinski definition) is 3. The first-order chi connectivity index (χ1) is 16.2. The van der Waals surface area contributed by atoms with Gasteiger partial charge in [0, 0.05) is 28.3 Å². The summed E-state index contributed by atoms with van der Waals surface area (Å²) in [4.78, 5) is 9.81. The van der Waals surface area contributed by atoms with Crippen LogP contribution < -0.4 is 18.1 Å². The maximum atomic E-state index is 9.79. The number of nitrogens with zero attached hydrogens (tertiary/aromatic N) is 2. The summed E-state index contributed by atoms with van der Waals surface area (Å²) in [6, 6.07) is 30.5. The third-order valence-electron chi connectivity index (χ3n) is 5.99. The number of aryl methyl sites for hydroxylation is 2. The predicted octanol–water partition coefficient (Wildman–Crippen LogP) is 2.20. The summed E-state index contributed by atoms with van der Waals surface area (Å²) in [7, 11) is 0. The highest BCUT2D eigenvalue weighted by Crippen LogP contribution is 2.34. The van der Waals surface area contributed by atoms with Crippen LogP contribution in [0.4, 0.5) is 0 Å². The number of quaternary nitrogens is 1. The van der Waals surface area contributed by atoms with Gasteiger partial charge in [-0.2, -0.15) is 0 Å². The Hall–Kier alpha value is -3.73. The molecular formula is C29H26ClN3O. The second kappa shape index (κ2) is 10.5. The molecule has 5 rings (SSSR count). The van der Waals surface area contributed by atoms with E-state index in [-0.39, 0.29) is 12.4 Å². The standard InChI is InChI=1S/C29H25N3O.ClH/c30-19-21-9-12-23(13-10-21)29-25(22-6-2-1-3-7-22)18-26-27(31-16-15-28(26)32-29)14-11-20-5-4-8-24(33)17-20;/h1-10,12-13,15-18,33H,11,14,19,30H2;1H. The van der Waals surface area contributed by atoms with Gasteiger partial charge in [-0.3, -0.25) is 4.98 Å². The van der Waals surface area contributed by atoms with Crippen molar-refractivity contribution in [2.45, 2.75) is 19.4 Å². The van der Waals surface area contributed by atoms with Gasteiger partial charge in [0.15, 0.2) is 0 Å². The second-order valence-corrected chi connectivity index (χ2v) is 8.19. The number of benzene rings is 3. The molecule has 3 aromatic carbocycles. The fourth-order valence-electron chi connectivity index (χ4n) is 4.21. The molecule has 0 spiro atoms. The van der Waals surface area contributed by atoms with Gasteiger partial charge in [0.2, 0.25) is 0 Å². The lowest BCUT2D eigenvalue weighted by Gasteiger charge is -2.14. The van der Waals surface area contributed by atoms with Crippen molar-refractivity contribution in [3.63, 3.8) is 0 Å². The largest absolute Gasteiger partial charge is 1.00 e. The molecule has 4 N–H and O–H groups in total. The molecule has 170 valence electrons. The molecule has 34 heavy (non-hydrogen) atoms. The lowest BCUT2D eigenvalue weighted by molar-refractivity contribution is -0.386. The Labute approximate surface area is 205 Å². The van der Waals surface area contributed by atoms with E-state index in [9.17, 15) is 5.11 Å². The molecule has 2 aromatic heterocycles. The maximum Gasteiger partial charge on any atom is 0.115 e. The highest BCUT2D eigenvalue weighted by Gasteiger charge is 2.14. The molecule has 0 radical (unpaired) electrons. The number of rotatable bonds is 6. The molecule has 2 heterocycles. The third-order valence-corrected chi connectivity index (χ3v) is 5.99. The van der Waals surface area contributed by atoms with Crippen molar-refractivity contribution in [2.75, 3.05) is 0 Å². The summed E-state index contributed by atoms with van der Waals surface area (Å²) in [6.07, 6.45) is 3.41. The van der Waals surface area contributed by atoms with Crippen LogP contribution in [0.1, 0.15) is 16.8 Å². The molecule has 0 unspecified atom stereocenters. The Morgan fingerprint density at radius 1 is 0.735 bits per heavy atom. The van der Waals surface area contributed by atoms with E-state index in [0.717, 1.165) is 63.9 Å². The Morgan fingerprint density at radius 3 is 2.26 bits per heavy atom. The van der Waals surface area contributed by atoms with Crippen LogP contribution in [0, 0.1) is 0 Å². The van der Waals surface area contributed by atoms with Gasteiger partial charge in [-0.25, -0.2) is 4.98 Å². The third kappa shape index (κ3) is 4.93. The fraction of sp³-hybridized carbons (Fsp3) is 0.103. The second-order valence-electron chi connectivity index (χ2n) is 8.19. The topological polar surface area (TPSA) is 73.7 Å². The van der Waals surface area contributed by atoms with Gasteiger partial charge >= 0.3 is 0 Å². The van der Waals surface area contributed by atoms with Gasteiger partial charge in [0.25, 0.3) is 0 Å². The minimum absolute atomic E-state index is 0. The monoisotopic (exact) mass is 467 g/mol. The first kappa shape index (κ1) is 23.4. The van der Waals surface area contributed by atoms with Crippen LogP contribution >= 0.6 is 0 Å². The Bertz CT molecular complexity index is 1400. The fourth-order valence-corrected chi connectivity index (χ4v) is 4.21. The average Bonchev–Trinajstić information content (AvgIpc) is 2.87. The first-order valence-electron chi connectivity index (χ1n) is 11.2. The van der Waals surface area contributed by atoms with E-state index in [2.05, 4.69) is 60.3 Å². The van der Waals surface area contributed by atoms with Crippen LogP contribution in [-0.2, 0) is 19.4 Å². The van der Waals surface area contributed by atoms with Gasteiger partial charge in [-0.1, -0.05) is 66.7 Å². The summed E-state index contributed by atoms with van der Waals surface area (Å²) in [5.41, 5.74) is 12.5. The molecule has 0 atom stereocenters. The molecular weight excluding hydrogens is 442 g/mol. The minimum Gasteiger partial charge on any atom is -1.00 e. The lowest BCUT2D eigenvalue weighted by Crippen LogP contribution is -3.00. The van der Waals surface area contributed by atoms with Crippen LogP contribution in [0.5, 0.6) is 5.75 Å². The zero-order valence-electron chi connectivity index (χ0n) is 18.8. The van der Waals surface area contributed by atoms with Crippen molar-refractivity contribution in [3.8, 4) is 28.1 Å². The molecule has 5 heteroatoms. The number of aromatic hydroxyl groups is 1. The van der Waals surface area contributed by atoms with E-state index < -0.39 is 0 Å². The highest BCUT2D eigenvalue weighted by molar-refractivity contribution is 5.92. The number of pyridine rings is 2. The Kier molecular flexibility index (Phi) is 7.21. The molecule has 0 fully saturated rings. The summed E-state index contributed by atoms with van der Waals surface area (Å²) in [6.45, 7) is 0.769. The van der Waals surface area contributed by atoms with E-state index in [1.165, 1.54) is 5.56 Å². The molecule has 5 aromatic rings. The van der Waals surface area contributed by atoms with E-state index in [4.69, 9.17) is 9.97 Å². The quantitative estimate of drug-likeness (QED) is 0.402. The number of phenols is 1. The van der Waals surface area contributed by atoms with Crippen LogP contribution in [0.3, 0.4) is 0 Å². The Balaban J connectivity index is 0.00000274. The van der Waals surface area contributed by atoms with Gasteiger partial charge in [0.1, 0.15) is 5.75 Å². The molecule has 0 saturated heterocycles. The highest BCUT2D eigenvalue weighted by atomic mass is 35.5. The molecule has 0 aliphatic carbocycles. The molecule has 0 bridgehead atoms. The number of hydrogen-bond donors (Lipinski definition) is 2. The molecule has 0 saturated carbocycles. The zero-order valence-corrected chi connectivity index (χ0v) is 19.5. The average molecular weight is 468 g/mol. The number of halogens is 1. The van der Waals surface area contributed by atoms with Gasteiger partial charge < -0.3 is 23.2 Å². The van der Waals surface area contributed by atoms with Crippen molar-refractivity contribution in [1.82, 2.24) is 9.97 Å². The van der Waals surface area contributed by atoms with Crippen LogP contribution in [0.2, 0.25) is 0 Å². The molecule has 0 aliphatic rings. The predicted molar refractivity (Wildman–Crippen MR) is 133 cm³/mol. The van der Waals surface area contributed by atoms with Crippen molar-refractivity contribution < 1.29 is 23.2 Å². The van der Waals surface area contributed by atoms with Gasteiger partial charge in [-0.05, 0) is 48.2 Å². The van der Waals surface area contributed by atoms with E-state index in [1.54, 1.807) is 6.07 Å². The normalized spacial score (nSPS) is 10.7. The van der Waals surface area contributed by atoms with E-state index >= 15 is 0 Å². The van der Waals surface area contributed by atoms with Crippen LogP contribution in [0.15, 0.2) is 97.2 Å². The number of aromatic nitrogens is 2. The molecule has 0 amide bonds. The van der Waals surface area contributed by atoms with Crippen molar-refractivity contribution in [3.05, 3.63) is 114 Å². The number of fused-ring (bicyclic) bond motifs is 1. The van der Waals surface area contributed by atoms with Crippen LogP contribution in [0.25, 0.3) is 33.3 Å². The van der Waals surface area contributed by atoms with Crippen LogP contribution in [-0.4, -0.2) is 15.1 Å². The van der Waals surface area contributed by atoms with E-state index in [0.29, 0.717) is 5.75 Å². The summed E-state index contributed by atoms with van der Waals surface area (Å²) >= 11 is 0. The van der Waals surface area contributed by atoms with Crippen molar-refractivity contribution in [2.24, 2.45) is 0 Å². The van der Waals surface area contributed by atoms with Gasteiger partial charge in [-0.15, -0.1) is 0 Å². The summed E-state index contributed by atoms with van der Waals surface area (Å²) in [5, 5.41) is 10.9. The maximum absolute atomic E-state index is 9.79. The minimum atomic E-state index is 0. The zero-order chi connectivity index (χ0) is 22.6. The first-order valence-corrected chi connectivity index (χ1v) is 11.2. The summed E-state index contributed by atoms with van der Waals surface area (Å²) < 4.78 is 0. The molecule has 0 aliphatic heterocycles. The van der Waals surface area contributed by atoms with Gasteiger partial charge in [0.05, 0.1) is 23.4 Å². The van der Waals surface area contributed by atoms with E-state index in [1.807, 2.05) is 36.5 Å². The van der Waals surface area contributed by atoms with Crippen molar-refractivity contribution in [1.29, 1.82) is 0 Å². The Morgan fingerprint density at radius 2 is 1.53 bits per heavy atom.